The molecule has 2 N–H and O–H groups in total. The van der Waals surface area contributed by atoms with Gasteiger partial charge in [-0.2, -0.15) is 0 Å². The van der Waals surface area contributed by atoms with Crippen molar-refractivity contribution in [1.29, 1.82) is 0 Å². The highest BCUT2D eigenvalue weighted by Gasteiger charge is 2.23. The first-order valence-electron chi connectivity index (χ1n) is 5.08. The van der Waals surface area contributed by atoms with Crippen LogP contribution in [0.1, 0.15) is 6.92 Å². The fraction of sp³-hybridized carbons (Fsp3) is 0.364. The molecule has 1 aromatic carbocycles. The van der Waals surface area contributed by atoms with Gasteiger partial charge in [-0.3, -0.25) is 4.79 Å². The number of fused-ring (bicyclic) bond motifs is 1. The number of anilines is 1. The molecule has 92 valence electrons. The van der Waals surface area contributed by atoms with Gasteiger partial charge < -0.3 is 19.9 Å². The molecule has 6 heteroatoms. The molecule has 17 heavy (non-hydrogen) atoms. The molecule has 0 bridgehead atoms. The summed E-state index contributed by atoms with van der Waals surface area (Å²) in [5, 5.41) is 0. The maximum atomic E-state index is 13.1. The van der Waals surface area contributed by atoms with Gasteiger partial charge in [0.05, 0.1) is 5.69 Å². The maximum absolute atomic E-state index is 13.1. The average molecular weight is 241 g/mol. The summed E-state index contributed by atoms with van der Waals surface area (Å²) in [6.07, 6.45) is -0.406. The fourth-order valence-corrected chi connectivity index (χ4v) is 1.44. The summed E-state index contributed by atoms with van der Waals surface area (Å²) < 4.78 is 28.7. The number of nitrogens with two attached hydrogens (primary N) is 1. The molecule has 0 radical (unpaired) electrons. The molecule has 0 saturated carbocycles. The summed E-state index contributed by atoms with van der Waals surface area (Å²) in [6.45, 7) is 1.60. The van der Waals surface area contributed by atoms with E-state index in [0.717, 1.165) is 0 Å². The van der Waals surface area contributed by atoms with Crippen LogP contribution in [0.3, 0.4) is 0 Å². The molecule has 0 spiro atoms. The minimum atomic E-state index is -0.550. The number of carbonyl (C=O) groups excluding carboxylic acids is 1. The molecule has 1 aliphatic rings. The molecule has 1 aromatic rings. The number of hydrogen-bond acceptors (Lipinski definition) is 5. The monoisotopic (exact) mass is 241 g/mol. The second-order valence-electron chi connectivity index (χ2n) is 3.67. The Kier molecular flexibility index (Phi) is 3.03. The smallest absolute Gasteiger partial charge is 0.302 e. The third kappa shape index (κ3) is 2.58. The van der Waals surface area contributed by atoms with Crippen LogP contribution < -0.4 is 15.2 Å². The maximum Gasteiger partial charge on any atom is 0.302 e. The van der Waals surface area contributed by atoms with Crippen molar-refractivity contribution in [3.8, 4) is 11.5 Å². The van der Waals surface area contributed by atoms with Gasteiger partial charge in [0.1, 0.15) is 19.0 Å². The molecule has 0 amide bonds. The number of halogens is 1. The van der Waals surface area contributed by atoms with E-state index in [4.69, 9.17) is 19.9 Å². The number of rotatable bonds is 2. The van der Waals surface area contributed by atoms with E-state index in [9.17, 15) is 9.18 Å². The lowest BCUT2D eigenvalue weighted by Gasteiger charge is -2.26. The Bertz CT molecular complexity index is 449. The van der Waals surface area contributed by atoms with Gasteiger partial charge in [0.2, 0.25) is 0 Å². The first-order valence-corrected chi connectivity index (χ1v) is 5.08. The number of ether oxygens (including phenoxy) is 3. The molecular weight excluding hydrogens is 229 g/mol. The second kappa shape index (κ2) is 4.48. The van der Waals surface area contributed by atoms with E-state index < -0.39 is 17.9 Å². The summed E-state index contributed by atoms with van der Waals surface area (Å²) in [5.41, 5.74) is 5.40. The van der Waals surface area contributed by atoms with Crippen LogP contribution in [0.4, 0.5) is 10.1 Å². The van der Waals surface area contributed by atoms with Gasteiger partial charge in [-0.25, -0.2) is 4.39 Å². The Balaban J connectivity index is 2.08. The topological polar surface area (TPSA) is 70.8 Å². The summed E-state index contributed by atoms with van der Waals surface area (Å²) in [4.78, 5) is 10.6. The van der Waals surface area contributed by atoms with E-state index in [1.54, 1.807) is 0 Å². The number of carbonyl (C=O) groups is 1. The predicted octanol–water partition coefficient (Wildman–Crippen LogP) is 1.11. The van der Waals surface area contributed by atoms with Gasteiger partial charge >= 0.3 is 5.97 Å². The van der Waals surface area contributed by atoms with Gasteiger partial charge in [0.15, 0.2) is 17.6 Å². The highest BCUT2D eigenvalue weighted by Crippen LogP contribution is 2.35. The van der Waals surface area contributed by atoms with Crippen LogP contribution in [0.25, 0.3) is 0 Å². The van der Waals surface area contributed by atoms with Crippen molar-refractivity contribution >= 4 is 11.7 Å². The molecule has 1 unspecified atom stereocenters. The van der Waals surface area contributed by atoms with Gasteiger partial charge in [-0.1, -0.05) is 0 Å². The van der Waals surface area contributed by atoms with Crippen LogP contribution in [0.5, 0.6) is 11.5 Å². The van der Waals surface area contributed by atoms with Crippen LogP contribution >= 0.6 is 0 Å². The summed E-state index contributed by atoms with van der Waals surface area (Å²) in [6, 6.07) is 2.53. The zero-order valence-corrected chi connectivity index (χ0v) is 9.23. The number of benzene rings is 1. The molecule has 0 aromatic heterocycles. The summed E-state index contributed by atoms with van der Waals surface area (Å²) in [7, 11) is 0. The Labute approximate surface area is 97.3 Å². The Morgan fingerprint density at radius 2 is 2.35 bits per heavy atom. The molecule has 0 aliphatic carbocycles. The zero-order valence-electron chi connectivity index (χ0n) is 9.23. The van der Waals surface area contributed by atoms with E-state index in [-0.39, 0.29) is 18.9 Å². The third-order valence-corrected chi connectivity index (χ3v) is 2.25. The van der Waals surface area contributed by atoms with Crippen molar-refractivity contribution < 1.29 is 23.4 Å². The highest BCUT2D eigenvalue weighted by molar-refractivity contribution is 5.65. The molecule has 2 rings (SSSR count). The van der Waals surface area contributed by atoms with E-state index in [2.05, 4.69) is 0 Å². The Morgan fingerprint density at radius 3 is 3.06 bits per heavy atom. The molecule has 1 atom stereocenters. The normalized spacial score (nSPS) is 17.6. The van der Waals surface area contributed by atoms with E-state index in [1.807, 2.05) is 0 Å². The summed E-state index contributed by atoms with van der Waals surface area (Å²) >= 11 is 0. The second-order valence-corrected chi connectivity index (χ2v) is 3.67. The quantitative estimate of drug-likeness (QED) is 0.620. The molecule has 1 aliphatic heterocycles. The van der Waals surface area contributed by atoms with Crippen molar-refractivity contribution in [2.75, 3.05) is 18.9 Å². The summed E-state index contributed by atoms with van der Waals surface area (Å²) in [5.74, 6) is -0.285. The van der Waals surface area contributed by atoms with Crippen LogP contribution in [-0.4, -0.2) is 25.3 Å². The first kappa shape index (κ1) is 11.5. The molecule has 1 heterocycles. The predicted molar refractivity (Wildman–Crippen MR) is 57.4 cm³/mol. The largest absolute Gasteiger partial charge is 0.486 e. The first-order chi connectivity index (χ1) is 8.06. The Morgan fingerprint density at radius 1 is 1.59 bits per heavy atom. The van der Waals surface area contributed by atoms with Crippen molar-refractivity contribution in [1.82, 2.24) is 0 Å². The van der Waals surface area contributed by atoms with Crippen LogP contribution in [0.2, 0.25) is 0 Å². The van der Waals surface area contributed by atoms with Gasteiger partial charge in [-0.05, 0) is 0 Å². The van der Waals surface area contributed by atoms with Crippen molar-refractivity contribution in [2.24, 2.45) is 0 Å². The van der Waals surface area contributed by atoms with Crippen molar-refractivity contribution in [3.05, 3.63) is 17.9 Å². The SMILES string of the molecule is CC(=O)OCC1COc2cc(F)c(N)cc2O1. The minimum absolute atomic E-state index is 0.0134. The third-order valence-electron chi connectivity index (χ3n) is 2.25. The number of hydrogen-bond donors (Lipinski definition) is 1. The number of esters is 1. The molecule has 5 nitrogen and oxygen atoms in total. The minimum Gasteiger partial charge on any atom is -0.486 e. The lowest BCUT2D eigenvalue weighted by Crippen LogP contribution is -2.34. The van der Waals surface area contributed by atoms with E-state index in [0.29, 0.717) is 11.5 Å². The Hall–Kier alpha value is -1.98. The highest BCUT2D eigenvalue weighted by atomic mass is 19.1. The molecular formula is C11H12FNO4. The van der Waals surface area contributed by atoms with Crippen molar-refractivity contribution in [3.63, 3.8) is 0 Å². The zero-order chi connectivity index (χ0) is 12.4. The standard InChI is InChI=1S/C11H12FNO4/c1-6(14)15-4-7-5-16-10-2-8(12)9(13)3-11(10)17-7/h2-3,7H,4-5,13H2,1H3. The van der Waals surface area contributed by atoms with E-state index >= 15 is 0 Å². The number of nitrogen functional groups attached to an aromatic ring is 1. The fourth-order valence-electron chi connectivity index (χ4n) is 1.44. The molecule has 0 fully saturated rings. The van der Waals surface area contributed by atoms with E-state index in [1.165, 1.54) is 19.1 Å². The average Bonchev–Trinajstić information content (AvgIpc) is 2.28. The molecule has 0 saturated heterocycles. The lowest BCUT2D eigenvalue weighted by atomic mass is 10.2. The van der Waals surface area contributed by atoms with Crippen LogP contribution in [0, 0.1) is 5.82 Å². The van der Waals surface area contributed by atoms with Gasteiger partial charge in [-0.15, -0.1) is 0 Å². The lowest BCUT2D eigenvalue weighted by molar-refractivity contribution is -0.144. The van der Waals surface area contributed by atoms with Crippen LogP contribution in [-0.2, 0) is 9.53 Å². The van der Waals surface area contributed by atoms with Crippen molar-refractivity contribution in [2.45, 2.75) is 13.0 Å². The van der Waals surface area contributed by atoms with Gasteiger partial charge in [0.25, 0.3) is 0 Å². The van der Waals surface area contributed by atoms with Crippen LogP contribution in [0.15, 0.2) is 12.1 Å². The van der Waals surface area contributed by atoms with Gasteiger partial charge in [0, 0.05) is 19.1 Å².